The summed E-state index contributed by atoms with van der Waals surface area (Å²) in [6.07, 6.45) is -1.37. The van der Waals surface area contributed by atoms with Gasteiger partial charge in [-0.2, -0.15) is 18.2 Å². The minimum Gasteiger partial charge on any atom is -0.484 e. The number of carbonyl (C=O) groups is 2. The minimum absolute atomic E-state index is 0.0226. The normalized spacial score (nSPS) is 16.7. The van der Waals surface area contributed by atoms with Crippen molar-refractivity contribution >= 4 is 45.3 Å². The maximum Gasteiger partial charge on any atom is 0.490 e. The molecular weight excluding hydrogens is 551 g/mol. The predicted molar refractivity (Wildman–Crippen MR) is 155 cm³/mol. The third-order valence-corrected chi connectivity index (χ3v) is 6.77. The molecule has 1 amide bonds. The largest absolute Gasteiger partial charge is 0.490 e. The van der Waals surface area contributed by atoms with Gasteiger partial charge in [-0.05, 0) is 60.7 Å². The molecule has 1 aromatic heterocycles. The van der Waals surface area contributed by atoms with Crippen molar-refractivity contribution in [1.82, 2.24) is 15.3 Å². The molecule has 0 unspecified atom stereocenters. The fourth-order valence-electron chi connectivity index (χ4n) is 4.71. The van der Waals surface area contributed by atoms with Gasteiger partial charge in [0, 0.05) is 31.6 Å². The fraction of sp³-hybridized carbons (Fsp3) is 0.333. The van der Waals surface area contributed by atoms with Crippen molar-refractivity contribution in [3.05, 3.63) is 66.7 Å². The Hall–Kier alpha value is -4.61. The number of rotatable bonds is 7. The van der Waals surface area contributed by atoms with Crippen LogP contribution in [0.2, 0.25) is 0 Å². The number of hydrogen-bond acceptors (Lipinski definition) is 7. The maximum absolute atomic E-state index is 12.5. The Bertz CT molecular complexity index is 1540. The number of carboxylic acids is 1. The topological polar surface area (TPSA) is 117 Å². The quantitative estimate of drug-likeness (QED) is 0.265. The van der Waals surface area contributed by atoms with Gasteiger partial charge >= 0.3 is 12.1 Å². The van der Waals surface area contributed by atoms with Gasteiger partial charge in [-0.25, -0.2) is 9.78 Å². The Morgan fingerprint density at radius 1 is 0.929 bits per heavy atom. The Labute approximate surface area is 240 Å². The van der Waals surface area contributed by atoms with Crippen LogP contribution in [0, 0.1) is 0 Å². The molecule has 3 aromatic carbocycles. The first-order valence-electron chi connectivity index (χ1n) is 13.4. The van der Waals surface area contributed by atoms with Crippen LogP contribution in [0.1, 0.15) is 25.7 Å². The SMILES string of the molecule is CN(C)c1nc(N[C@H]2CC[C@@H](NC(=O)COc3ccc4ccccc4c3)CC2)nc2ccccc12.O=C(O)C(F)(F)F. The van der Waals surface area contributed by atoms with E-state index in [-0.39, 0.29) is 24.6 Å². The number of aliphatic carboxylic acids is 1. The van der Waals surface area contributed by atoms with E-state index >= 15 is 0 Å². The van der Waals surface area contributed by atoms with Crippen LogP contribution < -0.4 is 20.3 Å². The molecule has 3 N–H and O–H groups in total. The number of anilines is 2. The van der Waals surface area contributed by atoms with Crippen LogP contribution in [-0.2, 0) is 9.59 Å². The summed E-state index contributed by atoms with van der Waals surface area (Å²) in [6.45, 7) is 0.0226. The third-order valence-electron chi connectivity index (χ3n) is 6.77. The molecular formula is C30H32F3N5O4. The second-order valence-corrected chi connectivity index (χ2v) is 10.1. The second kappa shape index (κ2) is 13.4. The van der Waals surface area contributed by atoms with Crippen molar-refractivity contribution in [2.24, 2.45) is 0 Å². The number of aromatic nitrogens is 2. The van der Waals surface area contributed by atoms with E-state index in [4.69, 9.17) is 24.6 Å². The first kappa shape index (κ1) is 30.4. The van der Waals surface area contributed by atoms with Crippen molar-refractivity contribution in [3.63, 3.8) is 0 Å². The number of nitrogens with one attached hydrogen (secondary N) is 2. The molecule has 1 aliphatic carbocycles. The highest BCUT2D eigenvalue weighted by Crippen LogP contribution is 2.26. The van der Waals surface area contributed by atoms with Gasteiger partial charge in [-0.1, -0.05) is 42.5 Å². The van der Waals surface area contributed by atoms with Crippen LogP contribution in [0.25, 0.3) is 21.7 Å². The van der Waals surface area contributed by atoms with Crippen molar-refractivity contribution in [2.75, 3.05) is 30.9 Å². The number of carboxylic acid groups (broad SMARTS) is 1. The molecule has 0 bridgehead atoms. The number of benzene rings is 3. The summed E-state index contributed by atoms with van der Waals surface area (Å²) in [4.78, 5) is 32.8. The maximum atomic E-state index is 12.5. The lowest BCUT2D eigenvalue weighted by atomic mass is 9.91. The number of carbonyl (C=O) groups excluding carboxylic acids is 1. The first-order chi connectivity index (χ1) is 20.0. The number of ether oxygens (including phenoxy) is 1. The molecule has 12 heteroatoms. The van der Waals surface area contributed by atoms with Gasteiger partial charge in [0.1, 0.15) is 11.6 Å². The molecule has 42 heavy (non-hydrogen) atoms. The lowest BCUT2D eigenvalue weighted by Gasteiger charge is -2.30. The monoisotopic (exact) mass is 583 g/mol. The highest BCUT2D eigenvalue weighted by atomic mass is 19.4. The number of nitrogens with zero attached hydrogens (tertiary/aromatic N) is 3. The number of amides is 1. The van der Waals surface area contributed by atoms with Gasteiger partial charge in [0.25, 0.3) is 5.91 Å². The molecule has 0 atom stereocenters. The van der Waals surface area contributed by atoms with E-state index in [0.29, 0.717) is 11.7 Å². The summed E-state index contributed by atoms with van der Waals surface area (Å²) in [5.41, 5.74) is 0.932. The Balaban J connectivity index is 0.000000517. The molecule has 1 saturated carbocycles. The van der Waals surface area contributed by atoms with Crippen LogP contribution in [0.5, 0.6) is 5.75 Å². The van der Waals surface area contributed by atoms with Crippen LogP contribution >= 0.6 is 0 Å². The van der Waals surface area contributed by atoms with Crippen LogP contribution in [0.4, 0.5) is 24.9 Å². The molecule has 4 aromatic rings. The number of para-hydroxylation sites is 1. The average molecular weight is 584 g/mol. The van der Waals surface area contributed by atoms with E-state index < -0.39 is 12.1 Å². The van der Waals surface area contributed by atoms with Crippen molar-refractivity contribution in [1.29, 1.82) is 0 Å². The van der Waals surface area contributed by atoms with Crippen molar-refractivity contribution < 1.29 is 32.6 Å². The van der Waals surface area contributed by atoms with Gasteiger partial charge in [-0.3, -0.25) is 4.79 Å². The molecule has 0 saturated heterocycles. The number of halogens is 3. The summed E-state index contributed by atoms with van der Waals surface area (Å²) in [6, 6.07) is 22.5. The summed E-state index contributed by atoms with van der Waals surface area (Å²) < 4.78 is 37.5. The third kappa shape index (κ3) is 8.21. The van der Waals surface area contributed by atoms with E-state index in [9.17, 15) is 18.0 Å². The van der Waals surface area contributed by atoms with E-state index in [1.165, 1.54) is 0 Å². The van der Waals surface area contributed by atoms with E-state index in [1.54, 1.807) is 0 Å². The Morgan fingerprint density at radius 3 is 2.21 bits per heavy atom. The van der Waals surface area contributed by atoms with E-state index in [0.717, 1.165) is 53.2 Å². The number of fused-ring (bicyclic) bond motifs is 2. The summed E-state index contributed by atoms with van der Waals surface area (Å²) >= 11 is 0. The van der Waals surface area contributed by atoms with Crippen LogP contribution in [0.3, 0.4) is 0 Å². The molecule has 1 fully saturated rings. The summed E-state index contributed by atoms with van der Waals surface area (Å²) in [5.74, 6) is -0.566. The number of hydrogen-bond donors (Lipinski definition) is 3. The van der Waals surface area contributed by atoms with Crippen molar-refractivity contribution in [3.8, 4) is 5.75 Å². The second-order valence-electron chi connectivity index (χ2n) is 10.1. The van der Waals surface area contributed by atoms with Crippen LogP contribution in [0.15, 0.2) is 66.7 Å². The standard InChI is InChI=1S/C28H31N5O2.C2HF3O2/c1-33(2)27-24-9-5-6-10-25(24)31-28(32-27)30-22-14-12-21(13-15-22)29-26(34)18-35-23-16-11-19-7-3-4-8-20(19)17-23;3-2(4,5)1(6)7/h3-11,16-17,21-22H,12-15,18H2,1-2H3,(H,29,34)(H,30,31,32);(H,6,7)/t21-,22+;. The first-order valence-corrected chi connectivity index (χ1v) is 13.4. The zero-order valence-corrected chi connectivity index (χ0v) is 23.2. The van der Waals surface area contributed by atoms with Gasteiger partial charge in [0.05, 0.1) is 5.52 Å². The lowest BCUT2D eigenvalue weighted by molar-refractivity contribution is -0.192. The molecule has 0 aliphatic heterocycles. The highest BCUT2D eigenvalue weighted by molar-refractivity contribution is 5.90. The fourth-order valence-corrected chi connectivity index (χ4v) is 4.71. The molecule has 5 rings (SSSR count). The zero-order chi connectivity index (χ0) is 30.3. The zero-order valence-electron chi connectivity index (χ0n) is 23.2. The van der Waals surface area contributed by atoms with Crippen LogP contribution in [-0.4, -0.2) is 65.9 Å². The minimum atomic E-state index is -5.08. The van der Waals surface area contributed by atoms with Crippen molar-refractivity contribution in [2.45, 2.75) is 43.9 Å². The van der Waals surface area contributed by atoms with Gasteiger partial charge in [0.2, 0.25) is 5.95 Å². The van der Waals surface area contributed by atoms with Gasteiger partial charge in [0.15, 0.2) is 6.61 Å². The lowest BCUT2D eigenvalue weighted by Crippen LogP contribution is -2.42. The Morgan fingerprint density at radius 2 is 1.55 bits per heavy atom. The van der Waals surface area contributed by atoms with Gasteiger partial charge in [-0.15, -0.1) is 0 Å². The average Bonchev–Trinajstić information content (AvgIpc) is 2.96. The van der Waals surface area contributed by atoms with E-state index in [2.05, 4.69) is 16.7 Å². The van der Waals surface area contributed by atoms with Gasteiger partial charge < -0.3 is 25.4 Å². The molecule has 1 aliphatic rings. The molecule has 1 heterocycles. The predicted octanol–water partition coefficient (Wildman–Crippen LogP) is 5.40. The smallest absolute Gasteiger partial charge is 0.484 e. The molecule has 0 spiro atoms. The summed E-state index contributed by atoms with van der Waals surface area (Å²) in [5, 5.41) is 17.1. The molecule has 0 radical (unpaired) electrons. The highest BCUT2D eigenvalue weighted by Gasteiger charge is 2.38. The summed E-state index contributed by atoms with van der Waals surface area (Å²) in [7, 11) is 3.99. The molecule has 9 nitrogen and oxygen atoms in total. The number of alkyl halides is 3. The Kier molecular flexibility index (Phi) is 9.66. The van der Waals surface area contributed by atoms with E-state index in [1.807, 2.05) is 79.7 Å². The molecule has 222 valence electrons.